The van der Waals surface area contributed by atoms with Crippen LogP contribution in [0.15, 0.2) is 29.3 Å². The molecule has 1 N–H and O–H groups in total. The first-order valence-corrected chi connectivity index (χ1v) is 11.3. The molecule has 2 saturated heterocycles. The second-order valence-corrected chi connectivity index (χ2v) is 8.72. The first-order valence-electron chi connectivity index (χ1n) is 10.3. The number of ether oxygens (including phenoxy) is 1. The molecule has 6 heteroatoms. The van der Waals surface area contributed by atoms with Gasteiger partial charge in [-0.25, -0.2) is 0 Å². The van der Waals surface area contributed by atoms with Gasteiger partial charge < -0.3 is 19.9 Å². The summed E-state index contributed by atoms with van der Waals surface area (Å²) in [7, 11) is 1.75. The molecule has 150 valence electrons. The summed E-state index contributed by atoms with van der Waals surface area (Å²) in [5, 5.41) is 4.25. The Kier molecular flexibility index (Phi) is 7.56. The lowest BCUT2D eigenvalue weighted by atomic mass is 10.1. The number of benzene rings is 1. The summed E-state index contributed by atoms with van der Waals surface area (Å²) in [5.74, 6) is 3.87. The minimum atomic E-state index is 0.602. The standard InChI is InChI=1S/C21H34N4OS/c1-4-18-16-25(12-13-27-18)21(22-5-2)23-14-17-10-11-24(15-17)19-8-6-7-9-20(19)26-3/h6-9,17-18H,4-5,10-16H2,1-3H3,(H,22,23). The van der Waals surface area contributed by atoms with Crippen LogP contribution < -0.4 is 15.0 Å². The number of hydrogen-bond acceptors (Lipinski definition) is 4. The topological polar surface area (TPSA) is 40.1 Å². The van der Waals surface area contributed by atoms with Crippen molar-refractivity contribution in [3.05, 3.63) is 24.3 Å². The third kappa shape index (κ3) is 5.24. The number of anilines is 1. The Bertz CT molecular complexity index is 624. The second-order valence-electron chi connectivity index (χ2n) is 7.31. The highest BCUT2D eigenvalue weighted by Gasteiger charge is 2.26. The van der Waals surface area contributed by atoms with Crippen LogP contribution in [0.25, 0.3) is 0 Å². The van der Waals surface area contributed by atoms with E-state index in [0.717, 1.165) is 56.2 Å². The van der Waals surface area contributed by atoms with Crippen LogP contribution in [0.4, 0.5) is 5.69 Å². The van der Waals surface area contributed by atoms with E-state index in [1.807, 2.05) is 12.1 Å². The number of thioether (sulfide) groups is 1. The zero-order valence-corrected chi connectivity index (χ0v) is 17.8. The summed E-state index contributed by atoms with van der Waals surface area (Å²) >= 11 is 2.10. The number of nitrogens with zero attached hydrogens (tertiary/aromatic N) is 3. The lowest BCUT2D eigenvalue weighted by Gasteiger charge is -2.34. The van der Waals surface area contributed by atoms with E-state index in [9.17, 15) is 0 Å². The van der Waals surface area contributed by atoms with Crippen LogP contribution >= 0.6 is 11.8 Å². The normalized spacial score (nSPS) is 23.6. The van der Waals surface area contributed by atoms with Gasteiger partial charge in [-0.15, -0.1) is 0 Å². The molecule has 3 rings (SSSR count). The second kappa shape index (κ2) is 10.1. The fraction of sp³-hybridized carbons (Fsp3) is 0.667. The van der Waals surface area contributed by atoms with Gasteiger partial charge in [0.05, 0.1) is 12.8 Å². The Morgan fingerprint density at radius 3 is 2.89 bits per heavy atom. The smallest absolute Gasteiger partial charge is 0.193 e. The number of guanidine groups is 1. The number of hydrogen-bond donors (Lipinski definition) is 1. The molecule has 2 aliphatic heterocycles. The lowest BCUT2D eigenvalue weighted by molar-refractivity contribution is 0.406. The molecule has 2 fully saturated rings. The van der Waals surface area contributed by atoms with Crippen LogP contribution in [-0.4, -0.2) is 68.2 Å². The van der Waals surface area contributed by atoms with E-state index in [1.54, 1.807) is 7.11 Å². The van der Waals surface area contributed by atoms with Gasteiger partial charge >= 0.3 is 0 Å². The zero-order chi connectivity index (χ0) is 19.1. The molecule has 27 heavy (non-hydrogen) atoms. The van der Waals surface area contributed by atoms with Crippen molar-refractivity contribution >= 4 is 23.4 Å². The maximum atomic E-state index is 5.54. The summed E-state index contributed by atoms with van der Waals surface area (Å²) in [6.45, 7) is 10.6. The fourth-order valence-corrected chi connectivity index (χ4v) is 5.07. The lowest BCUT2D eigenvalue weighted by Crippen LogP contribution is -2.48. The first-order chi connectivity index (χ1) is 13.2. The minimum absolute atomic E-state index is 0.602. The molecule has 0 radical (unpaired) electrons. The van der Waals surface area contributed by atoms with Crippen molar-refractivity contribution in [2.75, 3.05) is 57.0 Å². The van der Waals surface area contributed by atoms with E-state index in [4.69, 9.17) is 9.73 Å². The molecule has 2 heterocycles. The summed E-state index contributed by atoms with van der Waals surface area (Å²) in [6.07, 6.45) is 2.42. The summed E-state index contributed by atoms with van der Waals surface area (Å²) < 4.78 is 5.54. The van der Waals surface area contributed by atoms with Crippen molar-refractivity contribution in [3.8, 4) is 5.75 Å². The van der Waals surface area contributed by atoms with Gasteiger partial charge in [-0.2, -0.15) is 11.8 Å². The molecule has 0 aromatic heterocycles. The predicted molar refractivity (Wildman–Crippen MR) is 117 cm³/mol. The Morgan fingerprint density at radius 1 is 1.26 bits per heavy atom. The van der Waals surface area contributed by atoms with E-state index < -0.39 is 0 Å². The molecule has 0 saturated carbocycles. The van der Waals surface area contributed by atoms with Crippen LogP contribution in [0.3, 0.4) is 0 Å². The molecule has 0 amide bonds. The number of nitrogens with one attached hydrogen (secondary N) is 1. The molecule has 5 nitrogen and oxygen atoms in total. The van der Waals surface area contributed by atoms with Crippen molar-refractivity contribution in [1.82, 2.24) is 10.2 Å². The summed E-state index contributed by atoms with van der Waals surface area (Å²) in [4.78, 5) is 9.92. The number of aliphatic imine (C=N–C) groups is 1. The molecule has 0 aliphatic carbocycles. The zero-order valence-electron chi connectivity index (χ0n) is 17.0. The summed E-state index contributed by atoms with van der Waals surface area (Å²) in [6, 6.07) is 8.32. The van der Waals surface area contributed by atoms with E-state index in [2.05, 4.69) is 52.9 Å². The van der Waals surface area contributed by atoms with Gasteiger partial charge in [0.1, 0.15) is 5.75 Å². The Morgan fingerprint density at radius 2 is 2.11 bits per heavy atom. The van der Waals surface area contributed by atoms with Gasteiger partial charge in [0.25, 0.3) is 0 Å². The van der Waals surface area contributed by atoms with E-state index in [0.29, 0.717) is 5.92 Å². The highest BCUT2D eigenvalue weighted by atomic mass is 32.2. The maximum Gasteiger partial charge on any atom is 0.193 e. The minimum Gasteiger partial charge on any atom is -0.495 e. The predicted octanol–water partition coefficient (Wildman–Crippen LogP) is 3.31. The van der Waals surface area contributed by atoms with Gasteiger partial charge in [0, 0.05) is 50.3 Å². The molecule has 0 spiro atoms. The van der Waals surface area contributed by atoms with E-state index in [-0.39, 0.29) is 0 Å². The fourth-order valence-electron chi connectivity index (χ4n) is 3.89. The Hall–Kier alpha value is -1.56. The van der Waals surface area contributed by atoms with E-state index in [1.165, 1.54) is 24.3 Å². The van der Waals surface area contributed by atoms with Crippen LogP contribution in [0.5, 0.6) is 5.75 Å². The van der Waals surface area contributed by atoms with Crippen molar-refractivity contribution < 1.29 is 4.74 Å². The van der Waals surface area contributed by atoms with Gasteiger partial charge in [-0.1, -0.05) is 19.1 Å². The molecular formula is C21H34N4OS. The SMILES string of the molecule is CCNC(=NCC1CCN(c2ccccc2OC)C1)N1CCSC(CC)C1. The van der Waals surface area contributed by atoms with Crippen molar-refractivity contribution in [2.45, 2.75) is 31.9 Å². The third-order valence-electron chi connectivity index (χ3n) is 5.44. The van der Waals surface area contributed by atoms with E-state index >= 15 is 0 Å². The average molecular weight is 391 g/mol. The number of methoxy groups -OCH3 is 1. The van der Waals surface area contributed by atoms with Crippen molar-refractivity contribution in [3.63, 3.8) is 0 Å². The molecule has 0 bridgehead atoms. The van der Waals surface area contributed by atoms with Crippen molar-refractivity contribution in [1.29, 1.82) is 0 Å². The van der Waals surface area contributed by atoms with Crippen LogP contribution in [0, 0.1) is 5.92 Å². The monoisotopic (exact) mass is 390 g/mol. The van der Waals surface area contributed by atoms with Crippen LogP contribution in [-0.2, 0) is 0 Å². The Balaban J connectivity index is 1.60. The molecule has 2 unspecified atom stereocenters. The van der Waals surface area contributed by atoms with Gasteiger partial charge in [0.15, 0.2) is 5.96 Å². The molecule has 2 atom stereocenters. The highest BCUT2D eigenvalue weighted by Crippen LogP contribution is 2.32. The summed E-state index contributed by atoms with van der Waals surface area (Å²) in [5.41, 5.74) is 1.21. The molecule has 1 aromatic rings. The van der Waals surface area contributed by atoms with Crippen LogP contribution in [0.1, 0.15) is 26.7 Å². The third-order valence-corrected chi connectivity index (χ3v) is 6.81. The largest absolute Gasteiger partial charge is 0.495 e. The average Bonchev–Trinajstić information content (AvgIpc) is 3.20. The molecule has 2 aliphatic rings. The van der Waals surface area contributed by atoms with Gasteiger partial charge in [-0.3, -0.25) is 4.99 Å². The first kappa shape index (κ1) is 20.2. The maximum absolute atomic E-state index is 5.54. The highest BCUT2D eigenvalue weighted by molar-refractivity contribution is 8.00. The Labute approximate surface area is 168 Å². The van der Waals surface area contributed by atoms with Gasteiger partial charge in [-0.05, 0) is 37.8 Å². The van der Waals surface area contributed by atoms with Gasteiger partial charge in [0.2, 0.25) is 0 Å². The van der Waals surface area contributed by atoms with Crippen LogP contribution in [0.2, 0.25) is 0 Å². The number of para-hydroxylation sites is 2. The molecular weight excluding hydrogens is 356 g/mol. The number of rotatable bonds is 6. The quantitative estimate of drug-likeness (QED) is 0.596. The van der Waals surface area contributed by atoms with Crippen molar-refractivity contribution in [2.24, 2.45) is 10.9 Å². The molecule has 1 aromatic carbocycles.